The van der Waals surface area contributed by atoms with Crippen LogP contribution in [0.5, 0.6) is 5.75 Å². The molecule has 114 valence electrons. The largest absolute Gasteiger partial charge is 0.495 e. The summed E-state index contributed by atoms with van der Waals surface area (Å²) in [4.78, 5) is 0.104. The van der Waals surface area contributed by atoms with Crippen LogP contribution in [-0.4, -0.2) is 32.4 Å². The lowest BCUT2D eigenvalue weighted by Gasteiger charge is -2.34. The van der Waals surface area contributed by atoms with Gasteiger partial charge in [0.15, 0.2) is 0 Å². The van der Waals surface area contributed by atoms with E-state index >= 15 is 0 Å². The van der Waals surface area contributed by atoms with E-state index in [0.717, 1.165) is 5.56 Å². The van der Waals surface area contributed by atoms with E-state index in [4.69, 9.17) is 10.5 Å². The van der Waals surface area contributed by atoms with Crippen LogP contribution in [0, 0.1) is 6.92 Å². The number of ether oxygens (including phenoxy) is 1. The number of nitrogens with two attached hydrogens (primary N) is 1. The molecule has 0 saturated heterocycles. The predicted octanol–water partition coefficient (Wildman–Crippen LogP) is 2.39. The molecule has 0 amide bonds. The van der Waals surface area contributed by atoms with Gasteiger partial charge in [-0.2, -0.15) is 4.31 Å². The molecule has 1 aromatic carbocycles. The molecule has 0 aliphatic rings. The third kappa shape index (κ3) is 2.91. The maximum Gasteiger partial charge on any atom is 0.247 e. The maximum absolute atomic E-state index is 12.8. The molecular weight excluding hydrogens is 276 g/mol. The number of nitrogens with zero attached hydrogens (tertiary/aromatic N) is 1. The van der Waals surface area contributed by atoms with Gasteiger partial charge in [0.1, 0.15) is 10.6 Å². The van der Waals surface area contributed by atoms with Crippen molar-refractivity contribution in [3.63, 3.8) is 0 Å². The van der Waals surface area contributed by atoms with Gasteiger partial charge in [-0.1, -0.05) is 6.92 Å². The Morgan fingerprint density at radius 3 is 2.35 bits per heavy atom. The Hall–Kier alpha value is -1.27. The van der Waals surface area contributed by atoms with Crippen molar-refractivity contribution in [3.8, 4) is 5.75 Å². The zero-order valence-corrected chi connectivity index (χ0v) is 13.8. The van der Waals surface area contributed by atoms with E-state index in [1.54, 1.807) is 13.1 Å². The molecule has 1 rings (SSSR count). The molecule has 2 N–H and O–H groups in total. The third-order valence-corrected chi connectivity index (χ3v) is 6.00. The van der Waals surface area contributed by atoms with Gasteiger partial charge in [-0.15, -0.1) is 0 Å². The van der Waals surface area contributed by atoms with Gasteiger partial charge in [-0.25, -0.2) is 8.42 Å². The summed E-state index contributed by atoms with van der Waals surface area (Å²) in [6, 6.07) is 3.11. The summed E-state index contributed by atoms with van der Waals surface area (Å²) in [5.74, 6) is 0.315. The fourth-order valence-electron chi connectivity index (χ4n) is 1.73. The van der Waals surface area contributed by atoms with E-state index in [2.05, 4.69) is 0 Å². The molecule has 0 bridgehead atoms. The lowest BCUT2D eigenvalue weighted by molar-refractivity contribution is 0.256. The molecule has 0 fully saturated rings. The lowest BCUT2D eigenvalue weighted by Crippen LogP contribution is -2.44. The summed E-state index contributed by atoms with van der Waals surface area (Å²) in [5, 5.41) is 0. The van der Waals surface area contributed by atoms with Gasteiger partial charge in [0.25, 0.3) is 0 Å². The van der Waals surface area contributed by atoms with Crippen LogP contribution < -0.4 is 10.5 Å². The Bertz CT molecular complexity index is 595. The molecule has 0 aliphatic carbocycles. The van der Waals surface area contributed by atoms with Crippen LogP contribution in [0.2, 0.25) is 0 Å². The monoisotopic (exact) mass is 300 g/mol. The van der Waals surface area contributed by atoms with E-state index in [9.17, 15) is 8.42 Å². The molecule has 0 spiro atoms. The van der Waals surface area contributed by atoms with Crippen molar-refractivity contribution in [2.45, 2.75) is 44.6 Å². The van der Waals surface area contributed by atoms with Crippen LogP contribution in [0.15, 0.2) is 17.0 Å². The first-order chi connectivity index (χ1) is 9.07. The molecule has 0 atom stereocenters. The first kappa shape index (κ1) is 16.8. The minimum atomic E-state index is -3.66. The van der Waals surface area contributed by atoms with Crippen LogP contribution in [-0.2, 0) is 10.0 Å². The average molecular weight is 300 g/mol. The maximum atomic E-state index is 12.8. The average Bonchev–Trinajstić information content (AvgIpc) is 2.40. The zero-order chi connectivity index (χ0) is 15.7. The highest BCUT2D eigenvalue weighted by atomic mass is 32.2. The number of benzene rings is 1. The summed E-state index contributed by atoms with van der Waals surface area (Å²) < 4.78 is 32.1. The summed E-state index contributed by atoms with van der Waals surface area (Å²) in [7, 11) is -0.631. The SMILES string of the molecule is CCC(C)(C)N(C)S(=O)(=O)c1cc(N)c(C)cc1OC. The topological polar surface area (TPSA) is 72.6 Å². The van der Waals surface area contributed by atoms with E-state index in [0.29, 0.717) is 17.9 Å². The van der Waals surface area contributed by atoms with Gasteiger partial charge in [-0.05, 0) is 44.9 Å². The number of nitrogen functional groups attached to an aromatic ring is 1. The molecule has 0 saturated carbocycles. The van der Waals surface area contributed by atoms with Crippen molar-refractivity contribution in [3.05, 3.63) is 17.7 Å². The standard InChI is InChI=1S/C14H24N2O3S/c1-7-14(3,4)16(5)20(17,18)13-9-11(15)10(2)8-12(13)19-6/h8-9H,7,15H2,1-6H3. The highest BCUT2D eigenvalue weighted by Gasteiger charge is 2.34. The number of rotatable bonds is 5. The molecule has 0 radical (unpaired) electrons. The molecule has 1 aromatic rings. The zero-order valence-electron chi connectivity index (χ0n) is 13.0. The summed E-state index contributed by atoms with van der Waals surface area (Å²) in [6.07, 6.45) is 0.701. The van der Waals surface area contributed by atoms with Crippen molar-refractivity contribution in [1.29, 1.82) is 0 Å². The quantitative estimate of drug-likeness (QED) is 0.847. The molecule has 6 heteroatoms. The minimum Gasteiger partial charge on any atom is -0.495 e. The first-order valence-corrected chi connectivity index (χ1v) is 7.95. The van der Waals surface area contributed by atoms with Gasteiger partial charge >= 0.3 is 0 Å². The van der Waals surface area contributed by atoms with Crippen molar-refractivity contribution < 1.29 is 13.2 Å². The van der Waals surface area contributed by atoms with Crippen LogP contribution >= 0.6 is 0 Å². The highest BCUT2D eigenvalue weighted by molar-refractivity contribution is 7.89. The van der Waals surface area contributed by atoms with Crippen LogP contribution in [0.25, 0.3) is 0 Å². The van der Waals surface area contributed by atoms with E-state index in [1.807, 2.05) is 27.7 Å². The Balaban J connectivity index is 3.47. The highest BCUT2D eigenvalue weighted by Crippen LogP contribution is 2.33. The van der Waals surface area contributed by atoms with Crippen molar-refractivity contribution in [2.75, 3.05) is 19.9 Å². The van der Waals surface area contributed by atoms with E-state index < -0.39 is 15.6 Å². The number of hydrogen-bond donors (Lipinski definition) is 1. The smallest absolute Gasteiger partial charge is 0.247 e. The Kier molecular flexibility index (Phi) is 4.71. The van der Waals surface area contributed by atoms with E-state index in [-0.39, 0.29) is 4.90 Å². The molecule has 0 heterocycles. The number of aryl methyl sites for hydroxylation is 1. The first-order valence-electron chi connectivity index (χ1n) is 6.51. The molecular formula is C14H24N2O3S. The number of sulfonamides is 1. The molecule has 0 unspecified atom stereocenters. The predicted molar refractivity (Wildman–Crippen MR) is 81.5 cm³/mol. The number of anilines is 1. The van der Waals surface area contributed by atoms with Gasteiger partial charge in [0.05, 0.1) is 7.11 Å². The molecule has 5 nitrogen and oxygen atoms in total. The van der Waals surface area contributed by atoms with Gasteiger partial charge in [-0.3, -0.25) is 0 Å². The van der Waals surface area contributed by atoms with Crippen molar-refractivity contribution in [1.82, 2.24) is 4.31 Å². The fourth-order valence-corrected chi connectivity index (χ4v) is 3.48. The molecule has 0 aromatic heterocycles. The third-order valence-electron chi connectivity index (χ3n) is 3.91. The Morgan fingerprint density at radius 2 is 1.90 bits per heavy atom. The van der Waals surface area contributed by atoms with Gasteiger partial charge < -0.3 is 10.5 Å². The second-order valence-electron chi connectivity index (χ2n) is 5.50. The van der Waals surface area contributed by atoms with Crippen molar-refractivity contribution in [2.24, 2.45) is 0 Å². The Morgan fingerprint density at radius 1 is 1.35 bits per heavy atom. The fraction of sp³-hybridized carbons (Fsp3) is 0.571. The second-order valence-corrected chi connectivity index (χ2v) is 7.44. The summed E-state index contributed by atoms with van der Waals surface area (Å²) in [5.41, 5.74) is 6.59. The summed E-state index contributed by atoms with van der Waals surface area (Å²) in [6.45, 7) is 7.53. The molecule has 0 aliphatic heterocycles. The number of methoxy groups -OCH3 is 1. The lowest BCUT2D eigenvalue weighted by atomic mass is 10.0. The van der Waals surface area contributed by atoms with Crippen LogP contribution in [0.3, 0.4) is 0 Å². The van der Waals surface area contributed by atoms with Gasteiger partial charge in [0, 0.05) is 18.3 Å². The second kappa shape index (κ2) is 5.61. The van der Waals surface area contributed by atoms with Crippen LogP contribution in [0.1, 0.15) is 32.8 Å². The molecule has 20 heavy (non-hydrogen) atoms. The van der Waals surface area contributed by atoms with Crippen molar-refractivity contribution >= 4 is 15.7 Å². The summed E-state index contributed by atoms with van der Waals surface area (Å²) >= 11 is 0. The van der Waals surface area contributed by atoms with Gasteiger partial charge in [0.2, 0.25) is 10.0 Å². The Labute approximate surface area is 121 Å². The minimum absolute atomic E-state index is 0.104. The van der Waals surface area contributed by atoms with E-state index in [1.165, 1.54) is 17.5 Å². The normalized spacial score (nSPS) is 12.8. The van der Waals surface area contributed by atoms with Crippen LogP contribution in [0.4, 0.5) is 5.69 Å². The number of hydrogen-bond acceptors (Lipinski definition) is 4.